The lowest BCUT2D eigenvalue weighted by Gasteiger charge is -2.33. The number of carbonyl (C=O) groups is 2. The largest absolute Gasteiger partial charge is 0.484 e. The molecule has 2 aliphatic rings. The SMILES string of the molecule is CC(=O)OCCC12CCC(=O)C=C1c1c(cc(OCC(=N)N)c(Cl)c1Cl)C2.Cl. The highest BCUT2D eigenvalue weighted by molar-refractivity contribution is 6.44. The Balaban J connectivity index is 0.00000280. The van der Waals surface area contributed by atoms with Gasteiger partial charge in [0.15, 0.2) is 5.78 Å². The molecule has 3 N–H and O–H groups in total. The molecule has 0 aromatic heterocycles. The van der Waals surface area contributed by atoms with Crippen molar-refractivity contribution in [1.82, 2.24) is 0 Å². The predicted molar refractivity (Wildman–Crippen MR) is 111 cm³/mol. The zero-order valence-corrected chi connectivity index (χ0v) is 17.6. The number of halogens is 3. The summed E-state index contributed by atoms with van der Waals surface area (Å²) in [5.74, 6) is -0.0516. The normalized spacial score (nSPS) is 19.8. The highest BCUT2D eigenvalue weighted by Gasteiger charge is 2.45. The van der Waals surface area contributed by atoms with E-state index in [0.29, 0.717) is 36.5 Å². The minimum atomic E-state index is -0.333. The molecule has 1 unspecified atom stereocenters. The van der Waals surface area contributed by atoms with Crippen LogP contribution < -0.4 is 10.5 Å². The molecule has 0 amide bonds. The summed E-state index contributed by atoms with van der Waals surface area (Å²) in [5, 5.41) is 7.86. The van der Waals surface area contributed by atoms with Crippen LogP contribution in [0.4, 0.5) is 0 Å². The summed E-state index contributed by atoms with van der Waals surface area (Å²) < 4.78 is 10.6. The van der Waals surface area contributed by atoms with Crippen molar-refractivity contribution in [2.24, 2.45) is 11.1 Å². The number of ketones is 1. The molecule has 9 heteroatoms. The van der Waals surface area contributed by atoms with E-state index in [4.69, 9.17) is 43.8 Å². The van der Waals surface area contributed by atoms with Crippen molar-refractivity contribution in [2.75, 3.05) is 13.2 Å². The second kappa shape index (κ2) is 8.72. The second-order valence-corrected chi connectivity index (χ2v) is 7.68. The lowest BCUT2D eigenvalue weighted by atomic mass is 9.70. The first kappa shape index (κ1) is 22.5. The van der Waals surface area contributed by atoms with Crippen LogP contribution in [-0.4, -0.2) is 30.8 Å². The van der Waals surface area contributed by atoms with Gasteiger partial charge in [-0.05, 0) is 42.5 Å². The molecule has 1 atom stereocenters. The summed E-state index contributed by atoms with van der Waals surface area (Å²) in [6, 6.07) is 1.80. The van der Waals surface area contributed by atoms with Crippen LogP contribution in [0, 0.1) is 10.8 Å². The van der Waals surface area contributed by atoms with Crippen molar-refractivity contribution in [3.8, 4) is 5.75 Å². The number of benzene rings is 1. The van der Waals surface area contributed by atoms with Gasteiger partial charge in [0.25, 0.3) is 0 Å². The summed E-state index contributed by atoms with van der Waals surface area (Å²) in [7, 11) is 0. The first-order chi connectivity index (χ1) is 12.7. The number of carbonyl (C=O) groups excluding carboxylic acids is 2. The molecule has 3 rings (SSSR count). The molecule has 6 nitrogen and oxygen atoms in total. The number of nitrogens with one attached hydrogen (secondary N) is 1. The first-order valence-corrected chi connectivity index (χ1v) is 9.34. The van der Waals surface area contributed by atoms with Crippen LogP contribution in [0.2, 0.25) is 10.0 Å². The van der Waals surface area contributed by atoms with Gasteiger partial charge in [0.2, 0.25) is 0 Å². The first-order valence-electron chi connectivity index (χ1n) is 8.59. The smallest absolute Gasteiger partial charge is 0.302 e. The number of ether oxygens (including phenoxy) is 2. The van der Waals surface area contributed by atoms with E-state index in [1.165, 1.54) is 6.92 Å². The Morgan fingerprint density at radius 3 is 2.71 bits per heavy atom. The van der Waals surface area contributed by atoms with Gasteiger partial charge in [-0.2, -0.15) is 0 Å². The van der Waals surface area contributed by atoms with E-state index >= 15 is 0 Å². The monoisotopic (exact) mass is 446 g/mol. The average Bonchev–Trinajstić information content (AvgIpc) is 2.90. The van der Waals surface area contributed by atoms with Gasteiger partial charge in [-0.1, -0.05) is 23.2 Å². The van der Waals surface area contributed by atoms with Gasteiger partial charge in [0.05, 0.1) is 11.6 Å². The fourth-order valence-corrected chi connectivity index (χ4v) is 4.37. The molecular formula is C19H21Cl3N2O4. The van der Waals surface area contributed by atoms with Crippen LogP contribution in [0.15, 0.2) is 12.1 Å². The summed E-state index contributed by atoms with van der Waals surface area (Å²) in [4.78, 5) is 23.2. The molecule has 2 aliphatic carbocycles. The Labute approximate surface area is 179 Å². The molecule has 0 bridgehead atoms. The van der Waals surface area contributed by atoms with Crippen molar-refractivity contribution in [2.45, 2.75) is 32.6 Å². The molecule has 0 fully saturated rings. The van der Waals surface area contributed by atoms with Crippen molar-refractivity contribution in [1.29, 1.82) is 5.41 Å². The summed E-state index contributed by atoms with van der Waals surface area (Å²) >= 11 is 12.9. The van der Waals surface area contributed by atoms with E-state index in [1.54, 1.807) is 12.1 Å². The number of esters is 1. The topological polar surface area (TPSA) is 102 Å². The van der Waals surface area contributed by atoms with E-state index < -0.39 is 0 Å². The second-order valence-electron chi connectivity index (χ2n) is 6.92. The van der Waals surface area contributed by atoms with Gasteiger partial charge in [0, 0.05) is 24.3 Å². The number of fused-ring (bicyclic) bond motifs is 3. The number of rotatable bonds is 6. The van der Waals surface area contributed by atoms with Gasteiger partial charge in [0.1, 0.15) is 23.2 Å². The van der Waals surface area contributed by atoms with Gasteiger partial charge >= 0.3 is 5.97 Å². The quantitative estimate of drug-likeness (QED) is 0.390. The van der Waals surface area contributed by atoms with E-state index in [1.807, 2.05) is 0 Å². The zero-order chi connectivity index (χ0) is 19.8. The Morgan fingerprint density at radius 2 is 2.07 bits per heavy atom. The van der Waals surface area contributed by atoms with Gasteiger partial charge in [-0.15, -0.1) is 12.4 Å². The van der Waals surface area contributed by atoms with Crippen molar-refractivity contribution < 1.29 is 19.1 Å². The van der Waals surface area contributed by atoms with E-state index in [0.717, 1.165) is 16.7 Å². The lowest BCUT2D eigenvalue weighted by molar-refractivity contribution is -0.141. The van der Waals surface area contributed by atoms with Crippen molar-refractivity contribution >= 4 is 58.8 Å². The fourth-order valence-electron chi connectivity index (χ4n) is 3.85. The van der Waals surface area contributed by atoms with Crippen LogP contribution in [0.25, 0.3) is 5.57 Å². The van der Waals surface area contributed by atoms with Crippen LogP contribution >= 0.6 is 35.6 Å². The molecule has 0 heterocycles. The van der Waals surface area contributed by atoms with Crippen molar-refractivity contribution in [3.63, 3.8) is 0 Å². The maximum absolute atomic E-state index is 12.1. The molecule has 0 saturated heterocycles. The van der Waals surface area contributed by atoms with Crippen molar-refractivity contribution in [3.05, 3.63) is 33.3 Å². The maximum atomic E-state index is 12.1. The van der Waals surface area contributed by atoms with Crippen LogP contribution in [0.3, 0.4) is 0 Å². The molecule has 0 aliphatic heterocycles. The minimum absolute atomic E-state index is 0. The third-order valence-electron chi connectivity index (χ3n) is 5.05. The Kier molecular flexibility index (Phi) is 7.02. The number of hydrogen-bond acceptors (Lipinski definition) is 5. The highest BCUT2D eigenvalue weighted by atomic mass is 35.5. The van der Waals surface area contributed by atoms with E-state index in [9.17, 15) is 9.59 Å². The molecule has 0 radical (unpaired) electrons. The maximum Gasteiger partial charge on any atom is 0.302 e. The third-order valence-corrected chi connectivity index (χ3v) is 5.90. The molecule has 1 aromatic rings. The van der Waals surface area contributed by atoms with Crippen LogP contribution in [-0.2, 0) is 20.7 Å². The fraction of sp³-hybridized carbons (Fsp3) is 0.421. The Bertz CT molecular complexity index is 869. The Morgan fingerprint density at radius 1 is 1.36 bits per heavy atom. The molecule has 0 saturated carbocycles. The average molecular weight is 448 g/mol. The van der Waals surface area contributed by atoms with E-state index in [2.05, 4.69) is 0 Å². The van der Waals surface area contributed by atoms with Gasteiger partial charge < -0.3 is 15.2 Å². The number of amidine groups is 1. The minimum Gasteiger partial charge on any atom is -0.484 e. The molecular weight excluding hydrogens is 427 g/mol. The zero-order valence-electron chi connectivity index (χ0n) is 15.3. The molecule has 28 heavy (non-hydrogen) atoms. The molecule has 1 aromatic carbocycles. The van der Waals surface area contributed by atoms with E-state index in [-0.39, 0.29) is 53.6 Å². The number of hydrogen-bond donors (Lipinski definition) is 2. The lowest BCUT2D eigenvalue weighted by Crippen LogP contribution is -2.27. The standard InChI is InChI=1S/C19H20Cl2N2O4.ClH/c1-10(24)26-5-4-19-3-2-12(25)7-13(19)16-11(8-19)6-14(17(20)18(16)21)27-9-15(22)23;/h6-7H,2-5,8-9H2,1H3,(H3,22,23);1H. The van der Waals surface area contributed by atoms with Gasteiger partial charge in [-0.25, -0.2) is 0 Å². The molecule has 0 spiro atoms. The summed E-state index contributed by atoms with van der Waals surface area (Å²) in [5.41, 5.74) is 7.56. The predicted octanol–water partition coefficient (Wildman–Crippen LogP) is 3.97. The van der Waals surface area contributed by atoms with Crippen LogP contribution in [0.5, 0.6) is 5.75 Å². The number of nitrogens with two attached hydrogens (primary N) is 1. The van der Waals surface area contributed by atoms with Crippen LogP contribution in [0.1, 0.15) is 37.3 Å². The third kappa shape index (κ3) is 4.29. The molecule has 152 valence electrons. The highest BCUT2D eigenvalue weighted by Crippen LogP contribution is 2.57. The summed E-state index contributed by atoms with van der Waals surface area (Å²) in [6.45, 7) is 1.55. The summed E-state index contributed by atoms with van der Waals surface area (Å²) in [6.07, 6.45) is 3.98. The van der Waals surface area contributed by atoms with Gasteiger partial charge in [-0.3, -0.25) is 15.0 Å². The number of allylic oxidation sites excluding steroid dienone is 2. The Hall–Kier alpha value is -1.76.